The molecule has 1 aliphatic heterocycles. The fraction of sp³-hybridized carbons (Fsp3) is 0.0909. The van der Waals surface area contributed by atoms with E-state index in [0.29, 0.717) is 34.6 Å². The van der Waals surface area contributed by atoms with E-state index in [0.717, 1.165) is 10.4 Å². The van der Waals surface area contributed by atoms with Gasteiger partial charge in [-0.25, -0.2) is 9.79 Å². The minimum absolute atomic E-state index is 0.199. The molecule has 3 aromatic rings. The van der Waals surface area contributed by atoms with Crippen LogP contribution in [0.4, 0.5) is 0 Å². The molecule has 29 heavy (non-hydrogen) atoms. The highest BCUT2D eigenvalue weighted by molar-refractivity contribution is 7.12. The Kier molecular flexibility index (Phi) is 5.64. The van der Waals surface area contributed by atoms with Crippen LogP contribution in [0, 0.1) is 0 Å². The van der Waals surface area contributed by atoms with Gasteiger partial charge in [-0.15, -0.1) is 11.3 Å². The number of hydrogen-bond acceptors (Lipinski definition) is 6. The van der Waals surface area contributed by atoms with E-state index in [1.807, 2.05) is 47.8 Å². The number of nitrogens with zero attached hydrogens (tertiary/aromatic N) is 1. The topological polar surface area (TPSA) is 57.1 Å². The molecule has 0 bridgehead atoms. The summed E-state index contributed by atoms with van der Waals surface area (Å²) in [5.74, 6) is 0.705. The molecular formula is C22H16ClNO4S. The van der Waals surface area contributed by atoms with Gasteiger partial charge in [0.2, 0.25) is 5.90 Å². The van der Waals surface area contributed by atoms with Gasteiger partial charge in [0.25, 0.3) is 0 Å². The van der Waals surface area contributed by atoms with Gasteiger partial charge in [0, 0.05) is 0 Å². The number of rotatable bonds is 6. The molecular weight excluding hydrogens is 410 g/mol. The molecule has 7 heteroatoms. The fourth-order valence-electron chi connectivity index (χ4n) is 2.77. The van der Waals surface area contributed by atoms with Crippen molar-refractivity contribution in [2.75, 3.05) is 7.11 Å². The average Bonchev–Trinajstić information content (AvgIpc) is 3.38. The summed E-state index contributed by atoms with van der Waals surface area (Å²) < 4.78 is 16.6. The molecule has 0 atom stereocenters. The Labute approximate surface area is 176 Å². The van der Waals surface area contributed by atoms with Crippen molar-refractivity contribution in [2.45, 2.75) is 6.61 Å². The Morgan fingerprint density at radius 2 is 2.00 bits per heavy atom. The first-order chi connectivity index (χ1) is 14.1. The third kappa shape index (κ3) is 4.34. The molecule has 5 nitrogen and oxygen atoms in total. The van der Waals surface area contributed by atoms with Crippen LogP contribution in [0.15, 0.2) is 70.7 Å². The van der Waals surface area contributed by atoms with Gasteiger partial charge in [-0.1, -0.05) is 48.0 Å². The molecule has 0 fully saturated rings. The third-order valence-electron chi connectivity index (χ3n) is 4.13. The summed E-state index contributed by atoms with van der Waals surface area (Å²) in [6.45, 7) is 0.359. The molecule has 4 rings (SSSR count). The van der Waals surface area contributed by atoms with E-state index >= 15 is 0 Å². The van der Waals surface area contributed by atoms with E-state index in [2.05, 4.69) is 4.99 Å². The van der Waals surface area contributed by atoms with Crippen molar-refractivity contribution in [3.05, 3.63) is 86.7 Å². The first kappa shape index (κ1) is 19.2. The summed E-state index contributed by atoms with van der Waals surface area (Å²) in [5.41, 5.74) is 1.87. The Bertz CT molecular complexity index is 1090. The number of ether oxygens (including phenoxy) is 3. The molecule has 0 saturated carbocycles. The second-order valence-electron chi connectivity index (χ2n) is 6.12. The molecule has 0 radical (unpaired) electrons. The van der Waals surface area contributed by atoms with E-state index in [4.69, 9.17) is 25.8 Å². The second kappa shape index (κ2) is 8.51. The lowest BCUT2D eigenvalue weighted by Crippen LogP contribution is -2.03. The minimum Gasteiger partial charge on any atom is -0.493 e. The molecule has 1 aliphatic rings. The van der Waals surface area contributed by atoms with Gasteiger partial charge in [-0.05, 0) is 40.8 Å². The summed E-state index contributed by atoms with van der Waals surface area (Å²) >= 11 is 7.88. The summed E-state index contributed by atoms with van der Waals surface area (Å²) in [4.78, 5) is 17.2. The van der Waals surface area contributed by atoms with Crippen molar-refractivity contribution in [2.24, 2.45) is 4.99 Å². The maximum Gasteiger partial charge on any atom is 0.363 e. The van der Waals surface area contributed by atoms with Crippen LogP contribution >= 0.6 is 22.9 Å². The number of thiophene rings is 1. The van der Waals surface area contributed by atoms with E-state index in [-0.39, 0.29) is 5.70 Å². The van der Waals surface area contributed by atoms with Crippen LogP contribution in [-0.2, 0) is 16.1 Å². The number of halogens is 1. The number of benzene rings is 2. The quantitative estimate of drug-likeness (QED) is 0.395. The highest BCUT2D eigenvalue weighted by Crippen LogP contribution is 2.38. The lowest BCUT2D eigenvalue weighted by atomic mass is 10.1. The van der Waals surface area contributed by atoms with Crippen molar-refractivity contribution in [3.63, 3.8) is 0 Å². The van der Waals surface area contributed by atoms with Gasteiger partial charge in [-0.3, -0.25) is 0 Å². The maximum absolute atomic E-state index is 12.2. The van der Waals surface area contributed by atoms with E-state index in [1.165, 1.54) is 18.4 Å². The van der Waals surface area contributed by atoms with Gasteiger partial charge >= 0.3 is 5.97 Å². The summed E-state index contributed by atoms with van der Waals surface area (Å²) in [6, 6.07) is 16.9. The third-order valence-corrected chi connectivity index (χ3v) is 5.27. The van der Waals surface area contributed by atoms with Crippen LogP contribution < -0.4 is 9.47 Å². The number of aliphatic imine (C=N–C) groups is 1. The molecule has 1 aromatic heterocycles. The van der Waals surface area contributed by atoms with E-state index < -0.39 is 5.97 Å². The number of cyclic esters (lactones) is 1. The van der Waals surface area contributed by atoms with Crippen LogP contribution in [0.3, 0.4) is 0 Å². The van der Waals surface area contributed by atoms with E-state index in [9.17, 15) is 4.79 Å². The zero-order valence-electron chi connectivity index (χ0n) is 15.4. The second-order valence-corrected chi connectivity index (χ2v) is 7.48. The summed E-state index contributed by atoms with van der Waals surface area (Å²) in [5, 5.41) is 2.27. The first-order valence-corrected chi connectivity index (χ1v) is 10.0. The van der Waals surface area contributed by atoms with Crippen molar-refractivity contribution >= 4 is 40.9 Å². The standard InChI is InChI=1S/C22H16ClNO4S/c1-26-18-12-15(10-16(23)20(18)27-13-14-6-3-2-4-7-14)11-17-22(25)28-21(24-17)19-8-5-9-29-19/h2-12H,13H2,1H3/b17-11+. The average molecular weight is 426 g/mol. The number of methoxy groups -OCH3 is 1. The maximum atomic E-state index is 12.2. The molecule has 0 saturated heterocycles. The molecule has 0 amide bonds. The molecule has 0 N–H and O–H groups in total. The van der Waals surface area contributed by atoms with Crippen molar-refractivity contribution in [1.29, 1.82) is 0 Å². The van der Waals surface area contributed by atoms with Crippen molar-refractivity contribution in [3.8, 4) is 11.5 Å². The van der Waals surface area contributed by atoms with Crippen LogP contribution in [0.1, 0.15) is 16.0 Å². The molecule has 146 valence electrons. The van der Waals surface area contributed by atoms with Crippen LogP contribution in [0.2, 0.25) is 5.02 Å². The zero-order chi connectivity index (χ0) is 20.2. The smallest absolute Gasteiger partial charge is 0.363 e. The molecule has 0 aliphatic carbocycles. The van der Waals surface area contributed by atoms with E-state index in [1.54, 1.807) is 18.2 Å². The molecule has 2 aromatic carbocycles. The largest absolute Gasteiger partial charge is 0.493 e. The number of hydrogen-bond donors (Lipinski definition) is 0. The fourth-order valence-corrected chi connectivity index (χ4v) is 3.69. The zero-order valence-corrected chi connectivity index (χ0v) is 17.0. The molecule has 0 spiro atoms. The number of carbonyl (C=O) groups excluding carboxylic acids is 1. The van der Waals surface area contributed by atoms with Crippen LogP contribution in [0.5, 0.6) is 11.5 Å². The lowest BCUT2D eigenvalue weighted by molar-refractivity contribution is -0.129. The van der Waals surface area contributed by atoms with Gasteiger partial charge in [0.05, 0.1) is 17.0 Å². The van der Waals surface area contributed by atoms with Gasteiger partial charge in [0.15, 0.2) is 17.2 Å². The highest BCUT2D eigenvalue weighted by Gasteiger charge is 2.25. The Balaban J connectivity index is 1.59. The van der Waals surface area contributed by atoms with Crippen LogP contribution in [0.25, 0.3) is 6.08 Å². The predicted molar refractivity (Wildman–Crippen MR) is 114 cm³/mol. The van der Waals surface area contributed by atoms with Gasteiger partial charge < -0.3 is 14.2 Å². The first-order valence-electron chi connectivity index (χ1n) is 8.75. The Morgan fingerprint density at radius 3 is 2.72 bits per heavy atom. The Hall–Kier alpha value is -3.09. The summed E-state index contributed by atoms with van der Waals surface area (Å²) in [6.07, 6.45) is 1.61. The minimum atomic E-state index is -0.507. The summed E-state index contributed by atoms with van der Waals surface area (Å²) in [7, 11) is 1.54. The van der Waals surface area contributed by atoms with Crippen LogP contribution in [-0.4, -0.2) is 19.0 Å². The lowest BCUT2D eigenvalue weighted by Gasteiger charge is -2.13. The number of esters is 1. The highest BCUT2D eigenvalue weighted by atomic mass is 35.5. The normalized spacial score (nSPS) is 14.6. The van der Waals surface area contributed by atoms with Crippen molar-refractivity contribution < 1.29 is 19.0 Å². The van der Waals surface area contributed by atoms with Gasteiger partial charge in [0.1, 0.15) is 6.61 Å². The SMILES string of the molecule is COc1cc(/C=C2/N=C(c3cccs3)OC2=O)cc(Cl)c1OCc1ccccc1. The van der Waals surface area contributed by atoms with Gasteiger partial charge in [-0.2, -0.15) is 0 Å². The predicted octanol–water partition coefficient (Wildman–Crippen LogP) is 5.33. The molecule has 0 unspecified atom stereocenters. The van der Waals surface area contributed by atoms with Crippen molar-refractivity contribution in [1.82, 2.24) is 0 Å². The molecule has 2 heterocycles. The number of carbonyl (C=O) groups is 1. The Morgan fingerprint density at radius 1 is 1.17 bits per heavy atom. The monoisotopic (exact) mass is 425 g/mol.